The van der Waals surface area contributed by atoms with Crippen molar-refractivity contribution in [2.24, 2.45) is 5.73 Å². The van der Waals surface area contributed by atoms with Crippen molar-refractivity contribution in [3.05, 3.63) is 114 Å². The standard InChI is InChI=1S/C24H28N3O2S.Ru/c1-19-13-15-20(16-14-19)17-18-27(2)30(28,29)26-24(22-11-7-4-8-12-22)23(25)21-9-5-3-6-10-21;/h3-16,23-24H,17-18,25H2,1-2H3;/q-1;+1/t23-,24-;/m0./s1. The van der Waals surface area contributed by atoms with E-state index in [9.17, 15) is 8.42 Å². The third kappa shape index (κ3) is 7.47. The van der Waals surface area contributed by atoms with Crippen LogP contribution in [0, 0.1) is 37.5 Å². The molecule has 7 radical (unpaired) electrons. The van der Waals surface area contributed by atoms with Crippen molar-refractivity contribution >= 4 is 10.2 Å². The average molecular weight is 524 g/mol. The minimum atomic E-state index is -3.86. The molecule has 0 bridgehead atoms. The number of nitrogens with two attached hydrogens (primary N) is 1. The molecule has 0 amide bonds. The molecule has 1 aliphatic carbocycles. The van der Waals surface area contributed by atoms with Gasteiger partial charge in [-0.05, 0) is 49.5 Å². The summed E-state index contributed by atoms with van der Waals surface area (Å²) in [6.45, 7) is 2.37. The third-order valence-electron chi connectivity index (χ3n) is 5.14. The largest absolute Gasteiger partial charge is 1.00 e. The molecule has 7 heteroatoms. The molecule has 0 aromatic heterocycles. The van der Waals surface area contributed by atoms with E-state index in [2.05, 4.69) is 4.72 Å². The quantitative estimate of drug-likeness (QED) is 0.496. The minimum absolute atomic E-state index is 0. The van der Waals surface area contributed by atoms with Gasteiger partial charge in [0.05, 0.1) is 0 Å². The Kier molecular flexibility index (Phi) is 10.3. The summed E-state index contributed by atoms with van der Waals surface area (Å²) in [5, 5.41) is 0. The Bertz CT molecular complexity index is 872. The Hall–Kier alpha value is -1.11. The van der Waals surface area contributed by atoms with E-state index in [-0.39, 0.29) is 19.5 Å². The van der Waals surface area contributed by atoms with Crippen molar-refractivity contribution in [1.82, 2.24) is 4.31 Å². The summed E-state index contributed by atoms with van der Waals surface area (Å²) in [6, 6.07) is 17.5. The molecule has 0 spiro atoms. The van der Waals surface area contributed by atoms with Crippen LogP contribution >= 0.6 is 0 Å². The molecule has 0 heterocycles. The SMILES string of the molecule is C[C]1[CH][CH][C](CCN(C)S(=O)(=O)[N-][C@@H](c2ccccc2)[C@@H](N)c2ccccc2)[CH][CH]1.[Ru+]. The van der Waals surface area contributed by atoms with E-state index in [1.807, 2.05) is 93.3 Å². The Morgan fingerprint density at radius 2 is 1.42 bits per heavy atom. The van der Waals surface area contributed by atoms with Gasteiger partial charge in [0.1, 0.15) is 10.2 Å². The molecule has 165 valence electrons. The van der Waals surface area contributed by atoms with Gasteiger partial charge in [0, 0.05) is 19.6 Å². The fourth-order valence-corrected chi connectivity index (χ4v) is 4.24. The molecule has 2 aromatic carbocycles. The Labute approximate surface area is 200 Å². The van der Waals surface area contributed by atoms with Crippen molar-refractivity contribution < 1.29 is 27.9 Å². The van der Waals surface area contributed by atoms with Crippen LogP contribution < -0.4 is 5.73 Å². The van der Waals surface area contributed by atoms with Gasteiger partial charge in [-0.25, -0.2) is 12.7 Å². The topological polar surface area (TPSA) is 77.5 Å². The summed E-state index contributed by atoms with van der Waals surface area (Å²) in [5.41, 5.74) is 8.09. The number of benzene rings is 2. The fourth-order valence-electron chi connectivity index (χ4n) is 3.22. The maximum atomic E-state index is 13.0. The van der Waals surface area contributed by atoms with Crippen LogP contribution in [-0.4, -0.2) is 26.3 Å². The first-order valence-electron chi connectivity index (χ1n) is 9.96. The van der Waals surface area contributed by atoms with Crippen LogP contribution in [0.25, 0.3) is 4.72 Å². The number of hydrogen-bond acceptors (Lipinski definition) is 3. The predicted octanol–water partition coefficient (Wildman–Crippen LogP) is 4.37. The normalized spacial score (nSPS) is 17.8. The van der Waals surface area contributed by atoms with Gasteiger partial charge >= 0.3 is 19.5 Å². The van der Waals surface area contributed by atoms with E-state index >= 15 is 0 Å². The summed E-state index contributed by atoms with van der Waals surface area (Å²) >= 11 is 0. The van der Waals surface area contributed by atoms with E-state index in [1.54, 1.807) is 7.05 Å². The maximum absolute atomic E-state index is 13.0. The van der Waals surface area contributed by atoms with Crippen LogP contribution in [0.2, 0.25) is 0 Å². The zero-order valence-electron chi connectivity index (χ0n) is 17.7. The Balaban J connectivity index is 0.00000341. The van der Waals surface area contributed by atoms with Gasteiger partial charge in [-0.2, -0.15) is 0 Å². The summed E-state index contributed by atoms with van der Waals surface area (Å²) in [7, 11) is -2.30. The van der Waals surface area contributed by atoms with Crippen LogP contribution in [-0.2, 0) is 29.7 Å². The zero-order valence-corrected chi connectivity index (χ0v) is 20.3. The smallest absolute Gasteiger partial charge is 0.527 e. The van der Waals surface area contributed by atoms with E-state index in [1.165, 1.54) is 10.2 Å². The van der Waals surface area contributed by atoms with Gasteiger partial charge in [-0.1, -0.05) is 79.2 Å². The van der Waals surface area contributed by atoms with Crippen LogP contribution in [0.15, 0.2) is 60.7 Å². The van der Waals surface area contributed by atoms with Crippen LogP contribution in [0.5, 0.6) is 0 Å². The van der Waals surface area contributed by atoms with E-state index in [4.69, 9.17) is 5.73 Å². The van der Waals surface area contributed by atoms with Crippen molar-refractivity contribution in [3.8, 4) is 0 Å². The molecule has 2 atom stereocenters. The average Bonchev–Trinajstić information content (AvgIpc) is 2.77. The molecule has 1 saturated carbocycles. The van der Waals surface area contributed by atoms with E-state index in [0.717, 1.165) is 17.0 Å². The number of nitrogens with zero attached hydrogens (tertiary/aromatic N) is 2. The van der Waals surface area contributed by atoms with Crippen LogP contribution in [0.4, 0.5) is 0 Å². The first kappa shape index (κ1) is 26.1. The molecule has 5 nitrogen and oxygen atoms in total. The molecule has 2 aromatic rings. The second-order valence-corrected chi connectivity index (χ2v) is 9.16. The summed E-state index contributed by atoms with van der Waals surface area (Å²) in [4.78, 5) is 0. The fraction of sp³-hybridized carbons (Fsp3) is 0.250. The van der Waals surface area contributed by atoms with Gasteiger partial charge in [-0.3, -0.25) is 0 Å². The summed E-state index contributed by atoms with van der Waals surface area (Å²) in [6.07, 6.45) is 8.71. The van der Waals surface area contributed by atoms with E-state index in [0.29, 0.717) is 13.0 Å². The van der Waals surface area contributed by atoms with Crippen molar-refractivity contribution in [2.45, 2.75) is 25.4 Å². The van der Waals surface area contributed by atoms with Crippen molar-refractivity contribution in [2.75, 3.05) is 13.6 Å². The molecule has 1 aliphatic rings. The van der Waals surface area contributed by atoms with Crippen LogP contribution in [0.1, 0.15) is 36.6 Å². The molecule has 2 N–H and O–H groups in total. The molecular formula is C24H28N3O2RuS. The van der Waals surface area contributed by atoms with Gasteiger partial charge in [0.25, 0.3) is 0 Å². The van der Waals surface area contributed by atoms with Gasteiger partial charge in [0.15, 0.2) is 0 Å². The second kappa shape index (κ2) is 12.2. The predicted molar refractivity (Wildman–Crippen MR) is 121 cm³/mol. The zero-order chi connectivity index (χ0) is 21.6. The molecule has 3 rings (SSSR count). The van der Waals surface area contributed by atoms with E-state index < -0.39 is 22.3 Å². The minimum Gasteiger partial charge on any atom is -0.527 e. The molecular weight excluding hydrogens is 495 g/mol. The number of rotatable bonds is 9. The van der Waals surface area contributed by atoms with Gasteiger partial charge in [0.2, 0.25) is 0 Å². The summed E-state index contributed by atoms with van der Waals surface area (Å²) < 4.78 is 31.6. The third-order valence-corrected chi connectivity index (χ3v) is 6.61. The first-order valence-corrected chi connectivity index (χ1v) is 11.4. The molecule has 0 aliphatic heterocycles. The molecule has 0 saturated heterocycles. The monoisotopic (exact) mass is 524 g/mol. The van der Waals surface area contributed by atoms with Gasteiger partial charge < -0.3 is 10.5 Å². The Morgan fingerprint density at radius 3 is 1.97 bits per heavy atom. The summed E-state index contributed by atoms with van der Waals surface area (Å²) in [5.74, 6) is 2.26. The van der Waals surface area contributed by atoms with Crippen LogP contribution in [0.3, 0.4) is 0 Å². The number of hydrogen-bond donors (Lipinski definition) is 1. The second-order valence-electron chi connectivity index (χ2n) is 7.43. The molecule has 1 fully saturated rings. The van der Waals surface area contributed by atoms with Gasteiger partial charge in [-0.15, -0.1) is 0 Å². The van der Waals surface area contributed by atoms with Crippen molar-refractivity contribution in [1.29, 1.82) is 0 Å². The first-order chi connectivity index (χ1) is 14.4. The Morgan fingerprint density at radius 1 is 0.903 bits per heavy atom. The van der Waals surface area contributed by atoms with Crippen molar-refractivity contribution in [3.63, 3.8) is 0 Å². The molecule has 0 unspecified atom stereocenters. The molecule has 31 heavy (non-hydrogen) atoms. The maximum Gasteiger partial charge on any atom is 1.00 e.